The minimum absolute atomic E-state index is 0.189. The van der Waals surface area contributed by atoms with Crippen molar-refractivity contribution in [2.45, 2.75) is 6.92 Å². The molecule has 1 aromatic rings. The summed E-state index contributed by atoms with van der Waals surface area (Å²) in [7, 11) is 1.82. The summed E-state index contributed by atoms with van der Waals surface area (Å²) in [6.07, 6.45) is 0. The zero-order valence-corrected chi connectivity index (χ0v) is 7.72. The van der Waals surface area contributed by atoms with E-state index in [1.165, 1.54) is 0 Å². The average molecular weight is 183 g/mol. The third kappa shape index (κ3) is 2.83. The van der Waals surface area contributed by atoms with Crippen LogP contribution in [0.5, 0.6) is 0 Å². The predicted molar refractivity (Wildman–Crippen MR) is 47.4 cm³/mol. The Labute approximate surface area is 76.1 Å². The minimum Gasteiger partial charge on any atom is -0.348 e. The lowest BCUT2D eigenvalue weighted by atomic mass is 10.5. The summed E-state index contributed by atoms with van der Waals surface area (Å²) < 4.78 is 0. The maximum Gasteiger partial charge on any atom is 0.291 e. The standard InChI is InChI=1S/C7H13N5O/c1-5-10-6(12-11-5)7(13)9-4-3-8-2/h8H,3-4H2,1-2H3,(H,9,13)(H,10,11,12). The van der Waals surface area contributed by atoms with Crippen LogP contribution in [-0.2, 0) is 0 Å². The van der Waals surface area contributed by atoms with E-state index in [0.29, 0.717) is 12.4 Å². The van der Waals surface area contributed by atoms with E-state index in [-0.39, 0.29) is 11.7 Å². The molecule has 1 aromatic heterocycles. The fraction of sp³-hybridized carbons (Fsp3) is 0.571. The molecule has 0 saturated carbocycles. The molecule has 0 radical (unpaired) electrons. The van der Waals surface area contributed by atoms with E-state index >= 15 is 0 Å². The molecular weight excluding hydrogens is 170 g/mol. The van der Waals surface area contributed by atoms with Gasteiger partial charge in [0.25, 0.3) is 5.91 Å². The van der Waals surface area contributed by atoms with Gasteiger partial charge in [0.05, 0.1) is 0 Å². The highest BCUT2D eigenvalue weighted by molar-refractivity contribution is 5.90. The van der Waals surface area contributed by atoms with Crippen molar-refractivity contribution in [3.8, 4) is 0 Å². The van der Waals surface area contributed by atoms with Crippen molar-refractivity contribution in [1.82, 2.24) is 25.8 Å². The van der Waals surface area contributed by atoms with E-state index in [9.17, 15) is 4.79 Å². The Balaban J connectivity index is 2.40. The average Bonchev–Trinajstić information content (AvgIpc) is 2.52. The van der Waals surface area contributed by atoms with Gasteiger partial charge in [0.2, 0.25) is 5.82 Å². The molecule has 0 saturated heterocycles. The lowest BCUT2D eigenvalue weighted by molar-refractivity contribution is 0.0944. The third-order valence-corrected chi connectivity index (χ3v) is 1.46. The van der Waals surface area contributed by atoms with E-state index in [2.05, 4.69) is 25.8 Å². The highest BCUT2D eigenvalue weighted by Crippen LogP contribution is 1.89. The lowest BCUT2D eigenvalue weighted by Crippen LogP contribution is -2.31. The number of H-pyrrole nitrogens is 1. The van der Waals surface area contributed by atoms with E-state index in [1.807, 2.05) is 7.05 Å². The highest BCUT2D eigenvalue weighted by Gasteiger charge is 2.09. The number of amides is 1. The summed E-state index contributed by atoms with van der Waals surface area (Å²) in [5.41, 5.74) is 0. The molecule has 72 valence electrons. The number of rotatable bonds is 4. The minimum atomic E-state index is -0.250. The molecule has 0 fully saturated rings. The van der Waals surface area contributed by atoms with Gasteiger partial charge in [-0.1, -0.05) is 0 Å². The van der Waals surface area contributed by atoms with Gasteiger partial charge < -0.3 is 10.6 Å². The molecule has 0 aromatic carbocycles. The normalized spacial score (nSPS) is 10.0. The van der Waals surface area contributed by atoms with Crippen molar-refractivity contribution in [3.63, 3.8) is 0 Å². The first kappa shape index (κ1) is 9.66. The smallest absolute Gasteiger partial charge is 0.291 e. The molecule has 1 rings (SSSR count). The van der Waals surface area contributed by atoms with E-state index in [4.69, 9.17) is 0 Å². The van der Waals surface area contributed by atoms with Gasteiger partial charge in [-0.3, -0.25) is 9.89 Å². The van der Waals surface area contributed by atoms with Crippen LogP contribution in [0.3, 0.4) is 0 Å². The molecule has 13 heavy (non-hydrogen) atoms. The second-order valence-electron chi connectivity index (χ2n) is 2.60. The molecular formula is C7H13N5O. The molecule has 1 heterocycles. The van der Waals surface area contributed by atoms with Crippen LogP contribution in [0.4, 0.5) is 0 Å². The summed E-state index contributed by atoms with van der Waals surface area (Å²) >= 11 is 0. The monoisotopic (exact) mass is 183 g/mol. The van der Waals surface area contributed by atoms with Crippen LogP contribution in [0.2, 0.25) is 0 Å². The Kier molecular flexibility index (Phi) is 3.39. The first-order valence-corrected chi connectivity index (χ1v) is 4.06. The van der Waals surface area contributed by atoms with Gasteiger partial charge in [-0.2, -0.15) is 0 Å². The summed E-state index contributed by atoms with van der Waals surface area (Å²) in [4.78, 5) is 15.1. The number of aromatic nitrogens is 3. The maximum absolute atomic E-state index is 11.2. The number of aromatic amines is 1. The largest absolute Gasteiger partial charge is 0.348 e. The predicted octanol–water partition coefficient (Wildman–Crippen LogP) is -0.938. The van der Waals surface area contributed by atoms with Crippen LogP contribution in [0.15, 0.2) is 0 Å². The fourth-order valence-corrected chi connectivity index (χ4v) is 0.824. The van der Waals surface area contributed by atoms with Crippen LogP contribution in [0.1, 0.15) is 16.4 Å². The molecule has 0 aliphatic carbocycles. The third-order valence-electron chi connectivity index (χ3n) is 1.46. The summed E-state index contributed by atoms with van der Waals surface area (Å²) in [6, 6.07) is 0. The Bertz CT molecular complexity index is 282. The molecule has 0 aliphatic heterocycles. The molecule has 0 bridgehead atoms. The Morgan fingerprint density at radius 1 is 1.54 bits per heavy atom. The zero-order chi connectivity index (χ0) is 9.68. The van der Waals surface area contributed by atoms with Gasteiger partial charge in [-0.25, -0.2) is 4.98 Å². The number of carbonyl (C=O) groups excluding carboxylic acids is 1. The van der Waals surface area contributed by atoms with Crippen molar-refractivity contribution >= 4 is 5.91 Å². The Morgan fingerprint density at radius 3 is 2.85 bits per heavy atom. The van der Waals surface area contributed by atoms with Crippen LogP contribution < -0.4 is 10.6 Å². The zero-order valence-electron chi connectivity index (χ0n) is 7.72. The van der Waals surface area contributed by atoms with Gasteiger partial charge in [0, 0.05) is 13.1 Å². The number of hydrogen-bond donors (Lipinski definition) is 3. The van der Waals surface area contributed by atoms with Crippen LogP contribution in [0.25, 0.3) is 0 Å². The van der Waals surface area contributed by atoms with Gasteiger partial charge in [0.15, 0.2) is 0 Å². The Morgan fingerprint density at radius 2 is 2.31 bits per heavy atom. The number of aryl methyl sites for hydroxylation is 1. The van der Waals surface area contributed by atoms with E-state index in [0.717, 1.165) is 6.54 Å². The second-order valence-corrected chi connectivity index (χ2v) is 2.60. The van der Waals surface area contributed by atoms with Crippen molar-refractivity contribution in [2.24, 2.45) is 0 Å². The fourth-order valence-electron chi connectivity index (χ4n) is 0.824. The highest BCUT2D eigenvalue weighted by atomic mass is 16.2. The topological polar surface area (TPSA) is 82.7 Å². The number of likely N-dealkylation sites (N-methyl/N-ethyl adjacent to an activating group) is 1. The number of nitrogens with one attached hydrogen (secondary N) is 3. The van der Waals surface area contributed by atoms with Gasteiger partial charge in [-0.15, -0.1) is 5.10 Å². The number of carbonyl (C=O) groups is 1. The van der Waals surface area contributed by atoms with Crippen molar-refractivity contribution in [1.29, 1.82) is 0 Å². The quantitative estimate of drug-likeness (QED) is 0.526. The molecule has 0 atom stereocenters. The van der Waals surface area contributed by atoms with Crippen LogP contribution >= 0.6 is 0 Å². The molecule has 6 heteroatoms. The van der Waals surface area contributed by atoms with E-state index < -0.39 is 0 Å². The summed E-state index contributed by atoms with van der Waals surface area (Å²) in [5.74, 6) is 0.576. The van der Waals surface area contributed by atoms with Crippen molar-refractivity contribution in [2.75, 3.05) is 20.1 Å². The van der Waals surface area contributed by atoms with Crippen LogP contribution in [0, 0.1) is 6.92 Å². The molecule has 1 amide bonds. The number of nitrogens with zero attached hydrogens (tertiary/aromatic N) is 2. The number of hydrogen-bond acceptors (Lipinski definition) is 4. The Hall–Kier alpha value is -1.43. The molecule has 6 nitrogen and oxygen atoms in total. The SMILES string of the molecule is CNCCNC(=O)c1n[nH]c(C)n1. The summed E-state index contributed by atoms with van der Waals surface area (Å²) in [6.45, 7) is 3.05. The molecule has 0 unspecified atom stereocenters. The van der Waals surface area contributed by atoms with Gasteiger partial charge >= 0.3 is 0 Å². The van der Waals surface area contributed by atoms with E-state index in [1.54, 1.807) is 6.92 Å². The summed E-state index contributed by atoms with van der Waals surface area (Å²) in [5, 5.41) is 11.9. The molecule has 0 aliphatic rings. The van der Waals surface area contributed by atoms with Gasteiger partial charge in [0.1, 0.15) is 5.82 Å². The first-order valence-electron chi connectivity index (χ1n) is 4.06. The van der Waals surface area contributed by atoms with Gasteiger partial charge in [-0.05, 0) is 14.0 Å². The van der Waals surface area contributed by atoms with Crippen LogP contribution in [-0.4, -0.2) is 41.2 Å². The lowest BCUT2D eigenvalue weighted by Gasteiger charge is -2.00. The second kappa shape index (κ2) is 4.56. The maximum atomic E-state index is 11.2. The van der Waals surface area contributed by atoms with Crippen molar-refractivity contribution in [3.05, 3.63) is 11.6 Å². The molecule has 3 N–H and O–H groups in total. The van der Waals surface area contributed by atoms with Crippen molar-refractivity contribution < 1.29 is 4.79 Å². The molecule has 0 spiro atoms. The first-order chi connectivity index (χ1) is 6.24.